The second-order valence-corrected chi connectivity index (χ2v) is 4.66. The van der Waals surface area contributed by atoms with E-state index in [1.54, 1.807) is 10.7 Å². The molecule has 0 saturated carbocycles. The average Bonchev–Trinajstić information content (AvgIpc) is 2.29. The van der Waals surface area contributed by atoms with Gasteiger partial charge < -0.3 is 5.11 Å². The van der Waals surface area contributed by atoms with Gasteiger partial charge in [-0.25, -0.2) is 4.68 Å². The average molecular weight is 182 g/mol. The molecule has 1 heterocycles. The van der Waals surface area contributed by atoms with Gasteiger partial charge in [-0.1, -0.05) is 13.8 Å². The summed E-state index contributed by atoms with van der Waals surface area (Å²) in [4.78, 5) is 0. The molecule has 0 bridgehead atoms. The van der Waals surface area contributed by atoms with Crippen LogP contribution in [-0.4, -0.2) is 14.9 Å². The molecule has 3 nitrogen and oxygen atoms in total. The van der Waals surface area contributed by atoms with Gasteiger partial charge in [-0.05, 0) is 26.7 Å². The number of aromatic nitrogens is 2. The fourth-order valence-electron chi connectivity index (χ4n) is 1.16. The maximum atomic E-state index is 9.62. The minimum absolute atomic E-state index is 0.156. The van der Waals surface area contributed by atoms with Crippen molar-refractivity contribution in [3.63, 3.8) is 0 Å². The Hall–Kier alpha value is -0.990. The van der Waals surface area contributed by atoms with Gasteiger partial charge in [0.2, 0.25) is 5.88 Å². The van der Waals surface area contributed by atoms with Crippen LogP contribution >= 0.6 is 0 Å². The fourth-order valence-corrected chi connectivity index (χ4v) is 1.16. The van der Waals surface area contributed by atoms with E-state index in [1.165, 1.54) is 0 Å². The van der Waals surface area contributed by atoms with Gasteiger partial charge in [0.05, 0.1) is 11.2 Å². The predicted octanol–water partition coefficient (Wildman–Crippen LogP) is 2.47. The van der Waals surface area contributed by atoms with Crippen LogP contribution in [0.3, 0.4) is 0 Å². The quantitative estimate of drug-likeness (QED) is 0.724. The lowest BCUT2D eigenvalue weighted by atomic mass is 10.1. The Labute approximate surface area is 79.4 Å². The Morgan fingerprint density at radius 2 is 1.92 bits per heavy atom. The van der Waals surface area contributed by atoms with Crippen LogP contribution in [0, 0.1) is 0 Å². The van der Waals surface area contributed by atoms with Gasteiger partial charge in [-0.2, -0.15) is 5.10 Å². The van der Waals surface area contributed by atoms with Crippen molar-refractivity contribution < 1.29 is 5.11 Å². The number of rotatable bonds is 1. The molecule has 1 aromatic heterocycles. The molecule has 0 aromatic carbocycles. The van der Waals surface area contributed by atoms with E-state index in [4.69, 9.17) is 0 Å². The summed E-state index contributed by atoms with van der Waals surface area (Å²) in [5.74, 6) is 0.603. The molecule has 1 N–H and O–H groups in total. The van der Waals surface area contributed by atoms with Gasteiger partial charge in [0.15, 0.2) is 0 Å². The van der Waals surface area contributed by atoms with Crippen LogP contribution in [-0.2, 0) is 5.54 Å². The number of hydrogen-bond donors (Lipinski definition) is 1. The van der Waals surface area contributed by atoms with E-state index in [0.717, 1.165) is 5.69 Å². The van der Waals surface area contributed by atoms with Crippen molar-refractivity contribution in [2.45, 2.75) is 46.1 Å². The largest absolute Gasteiger partial charge is 0.493 e. The molecule has 0 aliphatic carbocycles. The molecular formula is C10H18N2O. The van der Waals surface area contributed by atoms with E-state index in [-0.39, 0.29) is 11.4 Å². The summed E-state index contributed by atoms with van der Waals surface area (Å²) in [5.41, 5.74) is 0.782. The summed E-state index contributed by atoms with van der Waals surface area (Å²) in [6, 6.07) is 1.73. The molecule has 1 rings (SSSR count). The molecule has 74 valence electrons. The molecular weight excluding hydrogens is 164 g/mol. The zero-order valence-electron chi connectivity index (χ0n) is 9.00. The van der Waals surface area contributed by atoms with Crippen molar-refractivity contribution in [3.05, 3.63) is 11.8 Å². The fraction of sp³-hybridized carbons (Fsp3) is 0.700. The highest BCUT2D eigenvalue weighted by molar-refractivity contribution is 5.18. The van der Waals surface area contributed by atoms with Crippen LogP contribution in [0.5, 0.6) is 5.88 Å². The van der Waals surface area contributed by atoms with Crippen LogP contribution in [0.1, 0.15) is 46.2 Å². The van der Waals surface area contributed by atoms with E-state index < -0.39 is 0 Å². The first-order valence-electron chi connectivity index (χ1n) is 4.62. The van der Waals surface area contributed by atoms with E-state index in [1.807, 2.05) is 20.8 Å². The summed E-state index contributed by atoms with van der Waals surface area (Å²) in [5, 5.41) is 14.0. The highest BCUT2D eigenvalue weighted by Gasteiger charge is 2.19. The van der Waals surface area contributed by atoms with Gasteiger partial charge in [-0.15, -0.1) is 0 Å². The summed E-state index contributed by atoms with van der Waals surface area (Å²) in [7, 11) is 0. The van der Waals surface area contributed by atoms with E-state index in [2.05, 4.69) is 18.9 Å². The Balaban J connectivity index is 3.11. The summed E-state index contributed by atoms with van der Waals surface area (Å²) in [6.45, 7) is 10.2. The Morgan fingerprint density at radius 3 is 2.15 bits per heavy atom. The first-order chi connectivity index (χ1) is 5.82. The predicted molar refractivity (Wildman–Crippen MR) is 53.0 cm³/mol. The highest BCUT2D eigenvalue weighted by atomic mass is 16.3. The minimum atomic E-state index is -0.156. The molecule has 0 radical (unpaired) electrons. The van der Waals surface area contributed by atoms with Crippen molar-refractivity contribution in [2.24, 2.45) is 0 Å². The molecule has 0 atom stereocenters. The first kappa shape index (κ1) is 10.1. The van der Waals surface area contributed by atoms with Gasteiger partial charge in [0.25, 0.3) is 0 Å². The van der Waals surface area contributed by atoms with Gasteiger partial charge in [0.1, 0.15) is 0 Å². The SMILES string of the molecule is CC(C)c1cc(O)n(C(C)(C)C)n1. The Bertz CT molecular complexity index is 294. The van der Waals surface area contributed by atoms with E-state index in [9.17, 15) is 5.11 Å². The lowest BCUT2D eigenvalue weighted by molar-refractivity contribution is 0.293. The zero-order valence-corrected chi connectivity index (χ0v) is 9.00. The van der Waals surface area contributed by atoms with Crippen LogP contribution in [0.4, 0.5) is 0 Å². The third-order valence-electron chi connectivity index (χ3n) is 1.94. The second-order valence-electron chi connectivity index (χ2n) is 4.66. The minimum Gasteiger partial charge on any atom is -0.493 e. The molecule has 1 aromatic rings. The molecule has 0 spiro atoms. The molecule has 3 heteroatoms. The first-order valence-corrected chi connectivity index (χ1v) is 4.62. The normalized spacial score (nSPS) is 12.5. The molecule has 0 fully saturated rings. The Morgan fingerprint density at radius 1 is 1.38 bits per heavy atom. The molecule has 0 aliphatic rings. The van der Waals surface area contributed by atoms with Crippen LogP contribution in [0.15, 0.2) is 6.07 Å². The number of hydrogen-bond acceptors (Lipinski definition) is 2. The van der Waals surface area contributed by atoms with Crippen LogP contribution in [0.2, 0.25) is 0 Å². The molecule has 13 heavy (non-hydrogen) atoms. The van der Waals surface area contributed by atoms with E-state index >= 15 is 0 Å². The van der Waals surface area contributed by atoms with Crippen molar-refractivity contribution >= 4 is 0 Å². The zero-order chi connectivity index (χ0) is 10.2. The van der Waals surface area contributed by atoms with Crippen molar-refractivity contribution in [3.8, 4) is 5.88 Å². The number of aromatic hydroxyl groups is 1. The summed E-state index contributed by atoms with van der Waals surface area (Å²) in [6.07, 6.45) is 0. The third-order valence-corrected chi connectivity index (χ3v) is 1.94. The van der Waals surface area contributed by atoms with E-state index in [0.29, 0.717) is 5.92 Å². The van der Waals surface area contributed by atoms with Crippen molar-refractivity contribution in [1.29, 1.82) is 0 Å². The highest BCUT2D eigenvalue weighted by Crippen LogP contribution is 2.24. The lowest BCUT2D eigenvalue weighted by Crippen LogP contribution is -2.22. The summed E-state index contributed by atoms with van der Waals surface area (Å²) >= 11 is 0. The maximum Gasteiger partial charge on any atom is 0.210 e. The van der Waals surface area contributed by atoms with Gasteiger partial charge in [-0.3, -0.25) is 0 Å². The third kappa shape index (κ3) is 2.02. The van der Waals surface area contributed by atoms with Gasteiger partial charge in [0, 0.05) is 6.07 Å². The van der Waals surface area contributed by atoms with Crippen molar-refractivity contribution in [2.75, 3.05) is 0 Å². The second kappa shape index (κ2) is 3.05. The topological polar surface area (TPSA) is 38.0 Å². The standard InChI is InChI=1S/C10H18N2O/c1-7(2)8-6-9(13)12(11-8)10(3,4)5/h6-7,13H,1-5H3. The monoisotopic (exact) mass is 182 g/mol. The smallest absolute Gasteiger partial charge is 0.210 e. The Kier molecular flexibility index (Phi) is 2.37. The number of nitrogens with zero attached hydrogens (tertiary/aromatic N) is 2. The lowest BCUT2D eigenvalue weighted by Gasteiger charge is -2.19. The molecule has 0 unspecified atom stereocenters. The molecule has 0 aliphatic heterocycles. The maximum absolute atomic E-state index is 9.62. The van der Waals surface area contributed by atoms with Crippen molar-refractivity contribution in [1.82, 2.24) is 9.78 Å². The summed E-state index contributed by atoms with van der Waals surface area (Å²) < 4.78 is 1.66. The molecule has 0 saturated heterocycles. The molecule has 0 amide bonds. The van der Waals surface area contributed by atoms with Crippen LogP contribution < -0.4 is 0 Å². The van der Waals surface area contributed by atoms with Crippen LogP contribution in [0.25, 0.3) is 0 Å². The van der Waals surface area contributed by atoms with Gasteiger partial charge >= 0.3 is 0 Å².